The van der Waals surface area contributed by atoms with Crippen molar-refractivity contribution >= 4 is 42.7 Å². The molecule has 0 amide bonds. The van der Waals surface area contributed by atoms with Crippen LogP contribution >= 0.6 is 11.9 Å². The van der Waals surface area contributed by atoms with E-state index in [-0.39, 0.29) is 19.2 Å². The third-order valence-corrected chi connectivity index (χ3v) is 6.53. The van der Waals surface area contributed by atoms with Gasteiger partial charge in [0, 0.05) is 49.7 Å². The first-order valence-electron chi connectivity index (χ1n) is 11.5. The summed E-state index contributed by atoms with van der Waals surface area (Å²) in [6, 6.07) is 1.85. The zero-order valence-corrected chi connectivity index (χ0v) is 20.9. The van der Waals surface area contributed by atoms with E-state index in [2.05, 4.69) is 32.1 Å². The molecule has 0 saturated heterocycles. The number of aliphatic hydroxyl groups is 2. The average Bonchev–Trinajstić information content (AvgIpc) is 3.40. The van der Waals surface area contributed by atoms with Crippen LogP contribution in [0.15, 0.2) is 29.6 Å². The van der Waals surface area contributed by atoms with Gasteiger partial charge in [-0.15, -0.1) is 0 Å². The molecule has 1 atom stereocenters. The molecule has 1 aliphatic carbocycles. The van der Waals surface area contributed by atoms with Crippen LogP contribution in [0.25, 0.3) is 23.8 Å². The summed E-state index contributed by atoms with van der Waals surface area (Å²) >= 11 is 1.72. The lowest BCUT2D eigenvalue weighted by Crippen LogP contribution is -2.37. The van der Waals surface area contributed by atoms with Gasteiger partial charge in [0.15, 0.2) is 11.6 Å². The molecule has 186 valence electrons. The Labute approximate surface area is 208 Å². The standard InChI is InChI=1S/C23H31N9O2S/c1-15(2)32-20(19(10-24-3)23(29-32)30(4)13-17(34)14-33)11-26-21-7-8-25-22(28-21)16-9-27-31(12-16)35-18-5-6-18/h7-12,15,17-18,33-34H,3,5-6,13-14H2,1-2,4H3,(H,25,26,28)/b19-10+,20-11+. The highest BCUT2D eigenvalue weighted by molar-refractivity contribution is 7.98. The Morgan fingerprint density at radius 3 is 2.89 bits per heavy atom. The molecular weight excluding hydrogens is 466 g/mol. The van der Waals surface area contributed by atoms with Crippen LogP contribution in [-0.2, 0) is 0 Å². The zero-order valence-electron chi connectivity index (χ0n) is 20.1. The van der Waals surface area contributed by atoms with Crippen molar-refractivity contribution in [3.8, 4) is 11.4 Å². The fraction of sp³-hybridized carbons (Fsp3) is 0.435. The molecule has 3 heterocycles. The van der Waals surface area contributed by atoms with Crippen LogP contribution in [-0.4, -0.2) is 77.4 Å². The van der Waals surface area contributed by atoms with Crippen LogP contribution in [0.5, 0.6) is 0 Å². The maximum Gasteiger partial charge on any atom is 0.164 e. The Kier molecular flexibility index (Phi) is 7.83. The summed E-state index contributed by atoms with van der Waals surface area (Å²) in [5.74, 6) is 1.83. The van der Waals surface area contributed by atoms with Crippen molar-refractivity contribution in [1.29, 1.82) is 0 Å². The lowest BCUT2D eigenvalue weighted by Gasteiger charge is -2.19. The van der Waals surface area contributed by atoms with Crippen LogP contribution in [0.3, 0.4) is 0 Å². The molecule has 35 heavy (non-hydrogen) atoms. The second kappa shape index (κ2) is 11.0. The normalized spacial score (nSPS) is 15.6. The number of hydrogen-bond donors (Lipinski definition) is 3. The summed E-state index contributed by atoms with van der Waals surface area (Å²) in [6.07, 6.45) is 10.5. The molecule has 1 unspecified atom stereocenters. The van der Waals surface area contributed by atoms with Crippen LogP contribution < -0.4 is 20.8 Å². The van der Waals surface area contributed by atoms with E-state index in [0.29, 0.717) is 22.7 Å². The Morgan fingerprint density at radius 1 is 1.40 bits per heavy atom. The molecule has 4 rings (SSSR count). The van der Waals surface area contributed by atoms with E-state index >= 15 is 0 Å². The zero-order chi connectivity index (χ0) is 24.9. The average molecular weight is 498 g/mol. The molecule has 0 aromatic carbocycles. The number of likely N-dealkylation sites (N-methyl/N-ethyl adjacent to an activating group) is 1. The van der Waals surface area contributed by atoms with Crippen molar-refractivity contribution in [2.24, 2.45) is 4.99 Å². The smallest absolute Gasteiger partial charge is 0.164 e. The van der Waals surface area contributed by atoms with Crippen molar-refractivity contribution in [2.75, 3.05) is 30.4 Å². The molecule has 0 radical (unpaired) electrons. The molecule has 1 fully saturated rings. The quantitative estimate of drug-likeness (QED) is 0.330. The minimum atomic E-state index is -0.884. The minimum absolute atomic E-state index is 0.0562. The highest BCUT2D eigenvalue weighted by Crippen LogP contribution is 2.35. The second-order valence-electron chi connectivity index (χ2n) is 8.68. The predicted octanol–water partition coefficient (Wildman–Crippen LogP) is 0.854. The minimum Gasteiger partial charge on any atom is -0.394 e. The maximum absolute atomic E-state index is 9.90. The van der Waals surface area contributed by atoms with Gasteiger partial charge in [0.2, 0.25) is 0 Å². The first-order chi connectivity index (χ1) is 16.9. The topological polar surface area (TPSA) is 130 Å². The van der Waals surface area contributed by atoms with Gasteiger partial charge in [-0.05, 0) is 51.4 Å². The Hall–Kier alpha value is -3.22. The summed E-state index contributed by atoms with van der Waals surface area (Å²) in [4.78, 5) is 14.8. The fourth-order valence-electron chi connectivity index (χ4n) is 3.47. The van der Waals surface area contributed by atoms with E-state index in [1.165, 1.54) is 12.8 Å². The molecule has 0 spiro atoms. The number of anilines is 2. The molecule has 3 N–H and O–H groups in total. The molecule has 1 aliphatic rings. The predicted molar refractivity (Wildman–Crippen MR) is 140 cm³/mol. The number of rotatable bonds is 11. The number of aromatic nitrogens is 6. The largest absolute Gasteiger partial charge is 0.394 e. The van der Waals surface area contributed by atoms with E-state index in [1.54, 1.807) is 41.5 Å². The monoisotopic (exact) mass is 497 g/mol. The third kappa shape index (κ3) is 6.08. The Bertz CT molecular complexity index is 1280. The summed E-state index contributed by atoms with van der Waals surface area (Å²) in [5.41, 5.74) is 0.852. The summed E-state index contributed by atoms with van der Waals surface area (Å²) in [5, 5.41) is 33.7. The SMILES string of the molecule is C=N/C=c1/c(N(C)CC(O)CO)nn(C(C)C)/c1=C/Nc1ccnc(-c2cnn(SC3CC3)c2)n1. The maximum atomic E-state index is 9.90. The second-order valence-corrected chi connectivity index (χ2v) is 9.93. The van der Waals surface area contributed by atoms with E-state index in [0.717, 1.165) is 16.1 Å². The number of nitrogens with zero attached hydrogens (tertiary/aromatic N) is 8. The molecule has 3 aromatic rings. The van der Waals surface area contributed by atoms with E-state index in [9.17, 15) is 10.2 Å². The summed E-state index contributed by atoms with van der Waals surface area (Å²) < 4.78 is 3.74. The molecule has 12 heteroatoms. The molecule has 1 saturated carbocycles. The fourth-order valence-corrected chi connectivity index (χ4v) is 4.40. The van der Waals surface area contributed by atoms with Gasteiger partial charge in [0.05, 0.1) is 35.0 Å². The molecule has 11 nitrogen and oxygen atoms in total. The molecule has 3 aromatic heterocycles. The number of aliphatic hydroxyl groups excluding tert-OH is 2. The van der Waals surface area contributed by atoms with Crippen molar-refractivity contribution in [2.45, 2.75) is 44.1 Å². The Balaban J connectivity index is 1.65. The van der Waals surface area contributed by atoms with Crippen LogP contribution in [0.4, 0.5) is 11.6 Å². The van der Waals surface area contributed by atoms with Crippen molar-refractivity contribution in [3.63, 3.8) is 0 Å². The first kappa shape index (κ1) is 24.9. The third-order valence-electron chi connectivity index (χ3n) is 5.34. The van der Waals surface area contributed by atoms with Crippen molar-refractivity contribution in [1.82, 2.24) is 28.9 Å². The van der Waals surface area contributed by atoms with Gasteiger partial charge in [-0.1, -0.05) is 0 Å². The van der Waals surface area contributed by atoms with Gasteiger partial charge in [-0.25, -0.2) is 14.1 Å². The van der Waals surface area contributed by atoms with Crippen molar-refractivity contribution in [3.05, 3.63) is 35.2 Å². The number of nitrogens with one attached hydrogen (secondary N) is 1. The van der Waals surface area contributed by atoms with Crippen LogP contribution in [0.2, 0.25) is 0 Å². The summed E-state index contributed by atoms with van der Waals surface area (Å²) in [6.45, 7) is 7.55. The molecule has 0 bridgehead atoms. The van der Waals surface area contributed by atoms with E-state index < -0.39 is 6.10 Å². The molecular formula is C23H31N9O2S. The number of hydrogen-bond acceptors (Lipinski definition) is 10. The highest BCUT2D eigenvalue weighted by atomic mass is 32.2. The lowest BCUT2D eigenvalue weighted by molar-refractivity contribution is 0.101. The van der Waals surface area contributed by atoms with E-state index in [4.69, 9.17) is 5.10 Å². The van der Waals surface area contributed by atoms with Crippen LogP contribution in [0.1, 0.15) is 32.7 Å². The van der Waals surface area contributed by atoms with Gasteiger partial charge in [0.25, 0.3) is 0 Å². The van der Waals surface area contributed by atoms with Gasteiger partial charge in [-0.2, -0.15) is 10.2 Å². The summed E-state index contributed by atoms with van der Waals surface area (Å²) in [7, 11) is 1.81. The van der Waals surface area contributed by atoms with Gasteiger partial charge < -0.3 is 20.4 Å². The van der Waals surface area contributed by atoms with Gasteiger partial charge in [0.1, 0.15) is 5.82 Å². The van der Waals surface area contributed by atoms with Crippen molar-refractivity contribution < 1.29 is 10.2 Å². The van der Waals surface area contributed by atoms with E-state index in [1.807, 2.05) is 42.1 Å². The lowest BCUT2D eigenvalue weighted by atomic mass is 10.3. The first-order valence-corrected chi connectivity index (χ1v) is 12.3. The Morgan fingerprint density at radius 2 is 2.20 bits per heavy atom. The molecule has 0 aliphatic heterocycles. The van der Waals surface area contributed by atoms with Gasteiger partial charge >= 0.3 is 0 Å². The van der Waals surface area contributed by atoms with Crippen LogP contribution in [0, 0.1) is 0 Å². The number of aliphatic imine (C=N–C) groups is 1. The highest BCUT2D eigenvalue weighted by Gasteiger charge is 2.23. The van der Waals surface area contributed by atoms with Gasteiger partial charge in [-0.3, -0.25) is 9.67 Å².